The van der Waals surface area contributed by atoms with Gasteiger partial charge in [-0.2, -0.15) is 0 Å². The summed E-state index contributed by atoms with van der Waals surface area (Å²) in [5, 5.41) is 0. The minimum Gasteiger partial charge on any atom is -0.399 e. The summed E-state index contributed by atoms with van der Waals surface area (Å²) in [6.07, 6.45) is 17.9. The van der Waals surface area contributed by atoms with E-state index in [1.807, 2.05) is 0 Å². The van der Waals surface area contributed by atoms with E-state index in [0.29, 0.717) is 0 Å². The van der Waals surface area contributed by atoms with E-state index in [-0.39, 0.29) is 23.7 Å². The average molecular weight is 867 g/mol. The number of fused-ring (bicyclic) bond motifs is 3. The predicted molar refractivity (Wildman–Crippen MR) is 262 cm³/mol. The average Bonchev–Trinajstić information content (AvgIpc) is 3.63. The molecule has 0 spiro atoms. The van der Waals surface area contributed by atoms with Crippen molar-refractivity contribution in [1.29, 1.82) is 0 Å². The molecule has 0 saturated carbocycles. The summed E-state index contributed by atoms with van der Waals surface area (Å²) in [5.74, 6) is 0. The summed E-state index contributed by atoms with van der Waals surface area (Å²) in [6.45, 7) is 17.6. The first kappa shape index (κ1) is 44.4. The van der Waals surface area contributed by atoms with E-state index in [9.17, 15) is 0 Å². The van der Waals surface area contributed by atoms with Crippen LogP contribution in [0.5, 0.6) is 0 Å². The Labute approximate surface area is 372 Å². The summed E-state index contributed by atoms with van der Waals surface area (Å²) < 4.78 is 14.4. The van der Waals surface area contributed by atoms with Crippen LogP contribution in [0.25, 0.3) is 22.3 Å². The number of benzene rings is 5. The lowest BCUT2D eigenvalue weighted by atomic mass is 9.68. The molecule has 5 heteroatoms. The smallest absolute Gasteiger partial charge is 0.399 e. The summed E-state index contributed by atoms with van der Waals surface area (Å²) in [7, 11) is -0.375. The van der Waals surface area contributed by atoms with Crippen LogP contribution in [0.4, 0.5) is 17.1 Å². The van der Waals surface area contributed by atoms with Crippen molar-refractivity contribution >= 4 is 45.6 Å². The van der Waals surface area contributed by atoms with Crippen LogP contribution in [0.3, 0.4) is 0 Å². The largest absolute Gasteiger partial charge is 0.494 e. The molecule has 3 nitrogen and oxygen atoms in total. The van der Waals surface area contributed by atoms with Crippen molar-refractivity contribution in [1.82, 2.24) is 0 Å². The van der Waals surface area contributed by atoms with Gasteiger partial charge in [-0.3, -0.25) is 0 Å². The molecular formula is C55H69BBrNO2. The third-order valence-corrected chi connectivity index (χ3v) is 14.5. The topological polar surface area (TPSA) is 21.7 Å². The summed E-state index contributed by atoms with van der Waals surface area (Å²) in [6, 6.07) is 39.2. The highest BCUT2D eigenvalue weighted by atomic mass is 79.9. The number of aryl methyl sites for hydroxylation is 2. The molecule has 60 heavy (non-hydrogen) atoms. The Morgan fingerprint density at radius 1 is 0.533 bits per heavy atom. The minimum atomic E-state index is -0.383. The number of nitrogens with zero attached hydrogens (tertiary/aromatic N) is 1. The Hall–Kier alpha value is -3.64. The standard InChI is InChI=1S/C55H69BBrNO2/c1-9-11-13-15-17-19-35-55(36-20-18-16-14-12-10-2)50-38-43(24-32-48(50)49-33-25-44(39-51(49)55)56-59-53(5,6)54(7,8)60-56)42-22-28-46(29-23-42)58(47-30-26-45(57)27-31-47)52-34-21-40(3)37-41(52)4/h21-34,37-39H,9-20,35-36H2,1-8H3. The molecule has 1 heterocycles. The summed E-state index contributed by atoms with van der Waals surface area (Å²) in [5.41, 5.74) is 14.7. The zero-order chi connectivity index (χ0) is 42.5. The van der Waals surface area contributed by atoms with Gasteiger partial charge >= 0.3 is 7.12 Å². The molecule has 1 aliphatic heterocycles. The van der Waals surface area contributed by atoms with Gasteiger partial charge in [0.15, 0.2) is 0 Å². The Bertz CT molecular complexity index is 2180. The number of hydrogen-bond donors (Lipinski definition) is 0. The summed E-state index contributed by atoms with van der Waals surface area (Å²) >= 11 is 3.65. The first-order valence-corrected chi connectivity index (χ1v) is 24.0. The van der Waals surface area contributed by atoms with Crippen molar-refractivity contribution in [3.8, 4) is 22.3 Å². The van der Waals surface area contributed by atoms with E-state index in [0.717, 1.165) is 21.3 Å². The number of rotatable bonds is 19. The molecule has 0 atom stereocenters. The Morgan fingerprint density at radius 3 is 1.60 bits per heavy atom. The van der Waals surface area contributed by atoms with Crippen LogP contribution >= 0.6 is 15.9 Å². The van der Waals surface area contributed by atoms with Crippen LogP contribution < -0.4 is 10.4 Å². The lowest BCUT2D eigenvalue weighted by Crippen LogP contribution is -2.41. The van der Waals surface area contributed by atoms with Gasteiger partial charge in [0.1, 0.15) is 0 Å². The van der Waals surface area contributed by atoms with E-state index in [4.69, 9.17) is 9.31 Å². The molecule has 0 radical (unpaired) electrons. The molecule has 0 aromatic heterocycles. The van der Waals surface area contributed by atoms with Gasteiger partial charge in [-0.1, -0.05) is 167 Å². The third-order valence-electron chi connectivity index (χ3n) is 14.0. The highest BCUT2D eigenvalue weighted by Gasteiger charge is 2.52. The lowest BCUT2D eigenvalue weighted by Gasteiger charge is -2.33. The molecule has 1 aliphatic carbocycles. The molecular weight excluding hydrogens is 797 g/mol. The van der Waals surface area contributed by atoms with Crippen molar-refractivity contribution in [3.05, 3.63) is 130 Å². The molecule has 0 unspecified atom stereocenters. The van der Waals surface area contributed by atoms with Gasteiger partial charge in [0.05, 0.1) is 11.2 Å². The van der Waals surface area contributed by atoms with Crippen molar-refractivity contribution in [2.24, 2.45) is 0 Å². The number of halogens is 1. The van der Waals surface area contributed by atoms with E-state index in [1.54, 1.807) is 0 Å². The fraction of sp³-hybridized carbons (Fsp3) is 0.455. The van der Waals surface area contributed by atoms with Gasteiger partial charge in [0.25, 0.3) is 0 Å². The molecule has 7 rings (SSSR count). The van der Waals surface area contributed by atoms with E-state index < -0.39 is 0 Å². The summed E-state index contributed by atoms with van der Waals surface area (Å²) in [4.78, 5) is 2.38. The molecule has 316 valence electrons. The molecule has 2 aliphatic rings. The number of hydrogen-bond acceptors (Lipinski definition) is 3. The maximum Gasteiger partial charge on any atom is 0.494 e. The number of unbranched alkanes of at least 4 members (excludes halogenated alkanes) is 10. The van der Waals surface area contributed by atoms with Crippen LogP contribution in [-0.4, -0.2) is 18.3 Å². The lowest BCUT2D eigenvalue weighted by molar-refractivity contribution is 0.00578. The van der Waals surface area contributed by atoms with Crippen LogP contribution in [0.15, 0.2) is 108 Å². The van der Waals surface area contributed by atoms with Crippen LogP contribution in [-0.2, 0) is 14.7 Å². The predicted octanol–water partition coefficient (Wildman–Crippen LogP) is 16.3. The van der Waals surface area contributed by atoms with Crippen molar-refractivity contribution < 1.29 is 9.31 Å². The van der Waals surface area contributed by atoms with E-state index in [1.165, 1.54) is 140 Å². The fourth-order valence-corrected chi connectivity index (χ4v) is 10.0. The SMILES string of the molecule is CCCCCCCCC1(CCCCCCCC)c2cc(B3OC(C)(C)C(C)(C)O3)ccc2-c2ccc(-c3ccc(N(c4ccc(Br)cc4)c4ccc(C)cc4C)cc3)cc21. The normalized spacial score (nSPS) is 15.9. The van der Waals surface area contributed by atoms with E-state index >= 15 is 0 Å². The Kier molecular flexibility index (Phi) is 14.2. The second-order valence-corrected chi connectivity index (χ2v) is 19.8. The second-order valence-electron chi connectivity index (χ2n) is 18.9. The molecule has 0 bridgehead atoms. The molecule has 1 fully saturated rings. The molecule has 0 N–H and O–H groups in total. The van der Waals surface area contributed by atoms with Gasteiger partial charge in [0, 0.05) is 26.9 Å². The highest BCUT2D eigenvalue weighted by molar-refractivity contribution is 9.10. The van der Waals surface area contributed by atoms with Gasteiger partial charge in [-0.25, -0.2) is 0 Å². The third kappa shape index (κ3) is 9.40. The minimum absolute atomic E-state index is 0.0584. The maximum absolute atomic E-state index is 6.68. The fourth-order valence-electron chi connectivity index (χ4n) is 9.77. The van der Waals surface area contributed by atoms with Gasteiger partial charge in [-0.05, 0) is 147 Å². The molecule has 5 aromatic rings. The van der Waals surface area contributed by atoms with Crippen molar-refractivity contribution in [2.45, 2.75) is 162 Å². The first-order chi connectivity index (χ1) is 28.9. The zero-order valence-electron chi connectivity index (χ0n) is 37.9. The Morgan fingerprint density at radius 2 is 1.03 bits per heavy atom. The Balaban J connectivity index is 1.28. The second kappa shape index (κ2) is 19.2. The molecule has 1 saturated heterocycles. The zero-order valence-corrected chi connectivity index (χ0v) is 39.5. The van der Waals surface area contributed by atoms with Gasteiger partial charge < -0.3 is 14.2 Å². The van der Waals surface area contributed by atoms with Crippen LogP contribution in [0.2, 0.25) is 0 Å². The monoisotopic (exact) mass is 865 g/mol. The maximum atomic E-state index is 6.68. The van der Waals surface area contributed by atoms with Crippen molar-refractivity contribution in [2.75, 3.05) is 4.90 Å². The number of anilines is 3. The van der Waals surface area contributed by atoms with Gasteiger partial charge in [0.2, 0.25) is 0 Å². The molecule has 0 amide bonds. The van der Waals surface area contributed by atoms with E-state index in [2.05, 4.69) is 179 Å². The molecule has 5 aromatic carbocycles. The van der Waals surface area contributed by atoms with Crippen LogP contribution in [0, 0.1) is 13.8 Å². The van der Waals surface area contributed by atoms with Crippen LogP contribution in [0.1, 0.15) is 154 Å². The first-order valence-electron chi connectivity index (χ1n) is 23.3. The highest BCUT2D eigenvalue weighted by Crippen LogP contribution is 2.55. The van der Waals surface area contributed by atoms with Crippen molar-refractivity contribution in [3.63, 3.8) is 0 Å². The van der Waals surface area contributed by atoms with Gasteiger partial charge in [-0.15, -0.1) is 0 Å². The quantitative estimate of drug-likeness (QED) is 0.0610.